The van der Waals surface area contributed by atoms with Crippen LogP contribution in [0.15, 0.2) is 53.5 Å². The van der Waals surface area contributed by atoms with Gasteiger partial charge in [0.1, 0.15) is 6.67 Å². The standard InChI is InChI=1S/C18H19Cl2N3O2S/c1-24-17(25-2)11-26-22-12-21-18(13-3-5-14(19)6-4-13)23(22)16-9-7-15(20)8-10-16/h3-10,17H,11-12H2,1-2H3. The van der Waals surface area contributed by atoms with E-state index in [1.165, 1.54) is 0 Å². The number of rotatable bonds is 7. The van der Waals surface area contributed by atoms with Crippen molar-refractivity contribution in [3.63, 3.8) is 0 Å². The minimum absolute atomic E-state index is 0.286. The highest BCUT2D eigenvalue weighted by Crippen LogP contribution is 2.30. The molecule has 5 nitrogen and oxygen atoms in total. The van der Waals surface area contributed by atoms with E-state index in [2.05, 4.69) is 9.42 Å². The zero-order chi connectivity index (χ0) is 18.5. The number of benzene rings is 2. The summed E-state index contributed by atoms with van der Waals surface area (Å²) in [6.45, 7) is 0.519. The van der Waals surface area contributed by atoms with Gasteiger partial charge in [-0.25, -0.2) is 10.0 Å². The second kappa shape index (κ2) is 9.08. The highest BCUT2D eigenvalue weighted by molar-refractivity contribution is 7.97. The fraction of sp³-hybridized carbons (Fsp3) is 0.278. The number of anilines is 1. The molecule has 3 rings (SSSR count). The van der Waals surface area contributed by atoms with Gasteiger partial charge in [-0.15, -0.1) is 4.41 Å². The number of hydrogen-bond donors (Lipinski definition) is 0. The molecule has 1 aliphatic heterocycles. The summed E-state index contributed by atoms with van der Waals surface area (Å²) in [6, 6.07) is 15.3. The van der Waals surface area contributed by atoms with Crippen molar-refractivity contribution in [1.82, 2.24) is 4.41 Å². The van der Waals surface area contributed by atoms with Crippen LogP contribution < -0.4 is 5.01 Å². The molecule has 0 spiro atoms. The van der Waals surface area contributed by atoms with Gasteiger partial charge in [0, 0.05) is 29.8 Å². The third-order valence-electron chi connectivity index (χ3n) is 3.82. The normalized spacial score (nSPS) is 15.0. The Hall–Kier alpha value is -1.28. The summed E-state index contributed by atoms with van der Waals surface area (Å²) in [6.07, 6.45) is -0.286. The summed E-state index contributed by atoms with van der Waals surface area (Å²) in [7, 11) is 3.26. The van der Waals surface area contributed by atoms with Crippen molar-refractivity contribution in [2.75, 3.05) is 31.7 Å². The van der Waals surface area contributed by atoms with Crippen LogP contribution in [0.4, 0.5) is 5.69 Å². The van der Waals surface area contributed by atoms with Crippen molar-refractivity contribution in [3.8, 4) is 0 Å². The summed E-state index contributed by atoms with van der Waals surface area (Å²) in [5.41, 5.74) is 1.96. The SMILES string of the molecule is COC(CSN1CN=C(c2ccc(Cl)cc2)N1c1ccc(Cl)cc1)OC. The quantitative estimate of drug-likeness (QED) is 0.487. The zero-order valence-corrected chi connectivity index (χ0v) is 16.8. The molecule has 2 aromatic carbocycles. The Balaban J connectivity index is 1.86. The molecule has 2 aromatic rings. The fourth-order valence-electron chi connectivity index (χ4n) is 2.49. The van der Waals surface area contributed by atoms with Crippen molar-refractivity contribution in [2.24, 2.45) is 4.99 Å². The van der Waals surface area contributed by atoms with Crippen molar-refractivity contribution < 1.29 is 9.47 Å². The van der Waals surface area contributed by atoms with Crippen molar-refractivity contribution >= 4 is 46.7 Å². The number of halogens is 2. The first-order valence-corrected chi connectivity index (χ1v) is 9.64. The van der Waals surface area contributed by atoms with Crippen LogP contribution >= 0.6 is 35.1 Å². The van der Waals surface area contributed by atoms with Crippen LogP contribution in [0.3, 0.4) is 0 Å². The van der Waals surface area contributed by atoms with Crippen LogP contribution in [-0.2, 0) is 9.47 Å². The second-order valence-corrected chi connectivity index (χ2v) is 7.35. The van der Waals surface area contributed by atoms with Gasteiger partial charge in [-0.2, -0.15) is 0 Å². The summed E-state index contributed by atoms with van der Waals surface area (Å²) < 4.78 is 12.6. The fourth-order valence-corrected chi connectivity index (χ4v) is 3.73. The van der Waals surface area contributed by atoms with E-state index in [0.717, 1.165) is 17.1 Å². The van der Waals surface area contributed by atoms with Gasteiger partial charge in [0.2, 0.25) is 0 Å². The van der Waals surface area contributed by atoms with Gasteiger partial charge in [0.25, 0.3) is 0 Å². The largest absolute Gasteiger partial charge is 0.355 e. The van der Waals surface area contributed by atoms with E-state index < -0.39 is 0 Å². The molecule has 0 atom stereocenters. The third-order valence-corrected chi connectivity index (χ3v) is 5.33. The Bertz CT molecular complexity index is 752. The lowest BCUT2D eigenvalue weighted by molar-refractivity contribution is -0.0845. The maximum atomic E-state index is 6.05. The molecule has 8 heteroatoms. The van der Waals surface area contributed by atoms with Gasteiger partial charge < -0.3 is 9.47 Å². The Labute approximate surface area is 167 Å². The molecule has 1 aliphatic rings. The molecule has 0 saturated carbocycles. The van der Waals surface area contributed by atoms with Crippen LogP contribution in [0.2, 0.25) is 10.0 Å². The Kier molecular flexibility index (Phi) is 6.80. The summed E-state index contributed by atoms with van der Waals surface area (Å²) in [5.74, 6) is 1.49. The first kappa shape index (κ1) is 19.5. The molecule has 0 bridgehead atoms. The zero-order valence-electron chi connectivity index (χ0n) is 14.4. The molecule has 26 heavy (non-hydrogen) atoms. The minimum atomic E-state index is -0.286. The van der Waals surface area contributed by atoms with Gasteiger partial charge in [0.05, 0.1) is 11.4 Å². The van der Waals surface area contributed by atoms with E-state index in [4.69, 9.17) is 37.7 Å². The number of methoxy groups -OCH3 is 2. The van der Waals surface area contributed by atoms with Gasteiger partial charge in [0.15, 0.2) is 12.1 Å². The van der Waals surface area contributed by atoms with E-state index >= 15 is 0 Å². The Morgan fingerprint density at radius 1 is 1.00 bits per heavy atom. The van der Waals surface area contributed by atoms with Gasteiger partial charge >= 0.3 is 0 Å². The van der Waals surface area contributed by atoms with Crippen molar-refractivity contribution in [2.45, 2.75) is 6.29 Å². The molecule has 0 amide bonds. The predicted octanol–water partition coefficient (Wildman–Crippen LogP) is 4.70. The lowest BCUT2D eigenvalue weighted by atomic mass is 10.2. The molecule has 0 saturated heterocycles. The van der Waals surface area contributed by atoms with Gasteiger partial charge in [-0.05, 0) is 48.5 Å². The van der Waals surface area contributed by atoms with Crippen LogP contribution in [-0.4, -0.2) is 43.2 Å². The molecule has 0 aliphatic carbocycles. The maximum Gasteiger partial charge on any atom is 0.167 e. The van der Waals surface area contributed by atoms with Crippen molar-refractivity contribution in [1.29, 1.82) is 0 Å². The molecule has 138 valence electrons. The Morgan fingerprint density at radius 2 is 1.58 bits per heavy atom. The van der Waals surface area contributed by atoms with Crippen LogP contribution in [0.5, 0.6) is 0 Å². The number of hydrogen-bond acceptors (Lipinski definition) is 6. The number of nitrogens with zero attached hydrogens (tertiary/aromatic N) is 3. The topological polar surface area (TPSA) is 37.3 Å². The van der Waals surface area contributed by atoms with E-state index in [-0.39, 0.29) is 6.29 Å². The Morgan fingerprint density at radius 3 is 2.15 bits per heavy atom. The maximum absolute atomic E-state index is 6.05. The van der Waals surface area contributed by atoms with E-state index in [0.29, 0.717) is 22.5 Å². The minimum Gasteiger partial charge on any atom is -0.355 e. The number of aliphatic imine (C=N–C) groups is 1. The van der Waals surface area contributed by atoms with E-state index in [9.17, 15) is 0 Å². The first-order chi connectivity index (χ1) is 12.6. The molecular formula is C18H19Cl2N3O2S. The predicted molar refractivity (Wildman–Crippen MR) is 109 cm³/mol. The van der Waals surface area contributed by atoms with Gasteiger partial charge in [-0.3, -0.25) is 0 Å². The molecule has 0 N–H and O–H groups in total. The average molecular weight is 412 g/mol. The number of ether oxygens (including phenoxy) is 2. The molecule has 0 radical (unpaired) electrons. The average Bonchev–Trinajstić information content (AvgIpc) is 3.08. The number of hydrazine groups is 1. The highest BCUT2D eigenvalue weighted by Gasteiger charge is 2.29. The van der Waals surface area contributed by atoms with Crippen molar-refractivity contribution in [3.05, 3.63) is 64.1 Å². The van der Waals surface area contributed by atoms with Crippen LogP contribution in [0, 0.1) is 0 Å². The monoisotopic (exact) mass is 411 g/mol. The molecule has 1 heterocycles. The van der Waals surface area contributed by atoms with Gasteiger partial charge in [-0.1, -0.05) is 35.1 Å². The number of amidine groups is 1. The lowest BCUT2D eigenvalue weighted by Crippen LogP contribution is -2.38. The summed E-state index contributed by atoms with van der Waals surface area (Å²) in [4.78, 5) is 4.72. The molecule has 0 fully saturated rings. The molecule has 0 aromatic heterocycles. The highest BCUT2D eigenvalue weighted by atomic mass is 35.5. The first-order valence-electron chi connectivity index (χ1n) is 7.94. The molecular weight excluding hydrogens is 393 g/mol. The lowest BCUT2D eigenvalue weighted by Gasteiger charge is -2.30. The smallest absolute Gasteiger partial charge is 0.167 e. The molecule has 0 unspecified atom stereocenters. The van der Waals surface area contributed by atoms with E-state index in [1.807, 2.05) is 48.5 Å². The summed E-state index contributed by atoms with van der Waals surface area (Å²) >= 11 is 13.7. The van der Waals surface area contributed by atoms with Crippen LogP contribution in [0.25, 0.3) is 0 Å². The van der Waals surface area contributed by atoms with E-state index in [1.54, 1.807) is 26.2 Å². The third kappa shape index (κ3) is 4.52. The van der Waals surface area contributed by atoms with Crippen LogP contribution in [0.1, 0.15) is 5.56 Å². The second-order valence-electron chi connectivity index (χ2n) is 5.47. The summed E-state index contributed by atoms with van der Waals surface area (Å²) in [5, 5.41) is 3.45.